The van der Waals surface area contributed by atoms with Crippen LogP contribution in [-0.2, 0) is 14.3 Å². The molecule has 4 N–H and O–H groups in total. The SMILES string of the molecule is CC(C)C[C@H](NC(=O)OCC[Si](C)(C)C)C(=O)N[C@@H](C)[C@@H](O)C(=O)O. The monoisotopic (exact) mass is 376 g/mol. The van der Waals surface area contributed by atoms with Crippen LogP contribution in [0.15, 0.2) is 0 Å². The highest BCUT2D eigenvalue weighted by molar-refractivity contribution is 6.76. The fourth-order valence-corrected chi connectivity index (χ4v) is 2.67. The molecule has 2 amide bonds. The average molecular weight is 377 g/mol. The quantitative estimate of drug-likeness (QED) is 0.427. The second-order valence-corrected chi connectivity index (χ2v) is 13.5. The first-order valence-corrected chi connectivity index (χ1v) is 12.2. The first kappa shape index (κ1) is 23.4. The van der Waals surface area contributed by atoms with Gasteiger partial charge in [0.15, 0.2) is 6.10 Å². The van der Waals surface area contributed by atoms with E-state index < -0.39 is 44.2 Å². The topological polar surface area (TPSA) is 125 Å². The van der Waals surface area contributed by atoms with Gasteiger partial charge in [0.2, 0.25) is 5.91 Å². The normalized spacial score (nSPS) is 15.2. The molecule has 0 aromatic carbocycles. The summed E-state index contributed by atoms with van der Waals surface area (Å²) in [5.74, 6) is -1.85. The number of ether oxygens (including phenoxy) is 1. The molecular weight excluding hydrogens is 344 g/mol. The van der Waals surface area contributed by atoms with E-state index in [0.717, 1.165) is 6.04 Å². The molecule has 0 saturated heterocycles. The van der Waals surface area contributed by atoms with Gasteiger partial charge in [0.1, 0.15) is 6.04 Å². The molecule has 0 aliphatic heterocycles. The number of hydrogen-bond donors (Lipinski definition) is 4. The van der Waals surface area contributed by atoms with Gasteiger partial charge in [-0.25, -0.2) is 9.59 Å². The fraction of sp³-hybridized carbons (Fsp3) is 0.812. The predicted octanol–water partition coefficient (Wildman–Crippen LogP) is 1.42. The van der Waals surface area contributed by atoms with Crippen LogP contribution in [0.3, 0.4) is 0 Å². The lowest BCUT2D eigenvalue weighted by molar-refractivity contribution is -0.148. The summed E-state index contributed by atoms with van der Waals surface area (Å²) < 4.78 is 5.13. The maximum absolute atomic E-state index is 12.3. The molecule has 3 atom stereocenters. The minimum Gasteiger partial charge on any atom is -0.479 e. The number of carbonyl (C=O) groups excluding carboxylic acids is 2. The Morgan fingerprint density at radius 3 is 2.08 bits per heavy atom. The molecule has 0 rings (SSSR count). The molecule has 8 nitrogen and oxygen atoms in total. The second kappa shape index (κ2) is 10.4. The standard InChI is InChI=1S/C16H32N2O6Si/c1-10(2)9-12(14(20)17-11(3)13(19)15(21)22)18-16(23)24-7-8-25(4,5)6/h10-13,19H,7-9H2,1-6H3,(H,17,20)(H,18,23)(H,21,22)/t11-,12-,13+/m0/s1. The van der Waals surface area contributed by atoms with Crippen molar-refractivity contribution in [1.82, 2.24) is 10.6 Å². The van der Waals surface area contributed by atoms with Crippen molar-refractivity contribution in [2.24, 2.45) is 5.92 Å². The molecule has 25 heavy (non-hydrogen) atoms. The number of amides is 2. The van der Waals surface area contributed by atoms with Crippen molar-refractivity contribution >= 4 is 26.0 Å². The predicted molar refractivity (Wildman–Crippen MR) is 97.1 cm³/mol. The number of carboxylic acids is 1. The van der Waals surface area contributed by atoms with Gasteiger partial charge in [-0.15, -0.1) is 0 Å². The van der Waals surface area contributed by atoms with Crippen LogP contribution in [0.5, 0.6) is 0 Å². The largest absolute Gasteiger partial charge is 0.479 e. The molecule has 0 aliphatic carbocycles. The Balaban J connectivity index is 4.69. The number of aliphatic hydroxyl groups excluding tert-OH is 1. The van der Waals surface area contributed by atoms with Gasteiger partial charge in [0.05, 0.1) is 12.6 Å². The summed E-state index contributed by atoms with van der Waals surface area (Å²) >= 11 is 0. The van der Waals surface area contributed by atoms with Gasteiger partial charge in [-0.3, -0.25) is 4.79 Å². The van der Waals surface area contributed by atoms with Crippen LogP contribution in [-0.4, -0.2) is 61.1 Å². The van der Waals surface area contributed by atoms with Gasteiger partial charge in [0.25, 0.3) is 0 Å². The van der Waals surface area contributed by atoms with Gasteiger partial charge < -0.3 is 25.6 Å². The lowest BCUT2D eigenvalue weighted by Gasteiger charge is -2.24. The number of carboxylic acid groups (broad SMARTS) is 1. The summed E-state index contributed by atoms with van der Waals surface area (Å²) in [5, 5.41) is 23.2. The highest BCUT2D eigenvalue weighted by Gasteiger charge is 2.28. The molecule has 0 heterocycles. The fourth-order valence-electron chi connectivity index (χ4n) is 1.95. The third-order valence-corrected chi connectivity index (χ3v) is 5.20. The summed E-state index contributed by atoms with van der Waals surface area (Å²) in [7, 11) is -1.32. The van der Waals surface area contributed by atoms with Gasteiger partial charge in [-0.05, 0) is 25.3 Å². The number of aliphatic hydroxyl groups is 1. The zero-order chi connectivity index (χ0) is 19.8. The number of nitrogens with one attached hydrogen (secondary N) is 2. The minimum atomic E-state index is -1.72. The van der Waals surface area contributed by atoms with E-state index in [1.807, 2.05) is 13.8 Å². The molecule has 0 aromatic heterocycles. The summed E-state index contributed by atoms with van der Waals surface area (Å²) in [6, 6.07) is -1.02. The summed E-state index contributed by atoms with van der Waals surface area (Å²) in [5.41, 5.74) is 0. The maximum Gasteiger partial charge on any atom is 0.407 e. The van der Waals surface area contributed by atoms with E-state index in [9.17, 15) is 19.5 Å². The zero-order valence-electron chi connectivity index (χ0n) is 16.0. The van der Waals surface area contributed by atoms with Crippen LogP contribution in [0, 0.1) is 5.92 Å². The Labute approximate surface area is 150 Å². The van der Waals surface area contributed by atoms with Gasteiger partial charge in [0, 0.05) is 8.07 Å². The lowest BCUT2D eigenvalue weighted by atomic mass is 10.0. The Kier molecular flexibility index (Phi) is 9.72. The van der Waals surface area contributed by atoms with Crippen LogP contribution in [0.4, 0.5) is 4.79 Å². The average Bonchev–Trinajstić information content (AvgIpc) is 2.43. The van der Waals surface area contributed by atoms with Gasteiger partial charge in [-0.2, -0.15) is 0 Å². The number of hydrogen-bond acceptors (Lipinski definition) is 5. The zero-order valence-corrected chi connectivity index (χ0v) is 17.0. The van der Waals surface area contributed by atoms with E-state index >= 15 is 0 Å². The molecule has 0 radical (unpaired) electrons. The van der Waals surface area contributed by atoms with Crippen molar-refractivity contribution in [3.63, 3.8) is 0 Å². The molecule has 0 bridgehead atoms. The third-order valence-electron chi connectivity index (χ3n) is 3.50. The molecular formula is C16H32N2O6Si. The molecule has 0 saturated carbocycles. The third kappa shape index (κ3) is 10.8. The molecule has 0 unspecified atom stereocenters. The number of aliphatic carboxylic acids is 1. The van der Waals surface area contributed by atoms with Crippen molar-refractivity contribution in [3.05, 3.63) is 0 Å². The van der Waals surface area contributed by atoms with Crippen molar-refractivity contribution in [2.75, 3.05) is 6.61 Å². The molecule has 0 aromatic rings. The number of rotatable bonds is 10. The Morgan fingerprint density at radius 2 is 1.64 bits per heavy atom. The summed E-state index contributed by atoms with van der Waals surface area (Å²) in [6.07, 6.45) is -2.02. The van der Waals surface area contributed by atoms with Crippen molar-refractivity contribution < 1.29 is 29.3 Å². The Hall–Kier alpha value is -1.61. The van der Waals surface area contributed by atoms with Crippen molar-refractivity contribution in [2.45, 2.75) is 71.1 Å². The van der Waals surface area contributed by atoms with Crippen LogP contribution >= 0.6 is 0 Å². The maximum atomic E-state index is 12.3. The van der Waals surface area contributed by atoms with E-state index in [0.29, 0.717) is 13.0 Å². The van der Waals surface area contributed by atoms with Crippen LogP contribution in [0.2, 0.25) is 25.7 Å². The highest BCUT2D eigenvalue weighted by Crippen LogP contribution is 2.09. The highest BCUT2D eigenvalue weighted by atomic mass is 28.3. The van der Waals surface area contributed by atoms with Gasteiger partial charge in [-0.1, -0.05) is 33.5 Å². The minimum absolute atomic E-state index is 0.123. The summed E-state index contributed by atoms with van der Waals surface area (Å²) in [6.45, 7) is 12.0. The Morgan fingerprint density at radius 1 is 1.08 bits per heavy atom. The van der Waals surface area contributed by atoms with Crippen LogP contribution in [0.25, 0.3) is 0 Å². The van der Waals surface area contributed by atoms with Crippen molar-refractivity contribution in [1.29, 1.82) is 0 Å². The Bertz CT molecular complexity index is 464. The molecule has 0 fully saturated rings. The van der Waals surface area contributed by atoms with E-state index in [2.05, 4.69) is 30.3 Å². The van der Waals surface area contributed by atoms with Crippen molar-refractivity contribution in [3.8, 4) is 0 Å². The molecule has 9 heteroatoms. The second-order valence-electron chi connectivity index (χ2n) is 7.85. The van der Waals surface area contributed by atoms with E-state index in [-0.39, 0.29) is 5.92 Å². The first-order chi connectivity index (χ1) is 11.3. The lowest BCUT2D eigenvalue weighted by Crippen LogP contribution is -2.53. The molecule has 0 spiro atoms. The van der Waals surface area contributed by atoms with E-state index in [1.165, 1.54) is 6.92 Å². The molecule has 146 valence electrons. The van der Waals surface area contributed by atoms with Gasteiger partial charge >= 0.3 is 12.1 Å². The first-order valence-electron chi connectivity index (χ1n) is 8.48. The summed E-state index contributed by atoms with van der Waals surface area (Å²) in [4.78, 5) is 35.0. The number of carbonyl (C=O) groups is 3. The van der Waals surface area contributed by atoms with E-state index in [4.69, 9.17) is 9.84 Å². The number of alkyl carbamates (subject to hydrolysis) is 1. The van der Waals surface area contributed by atoms with Crippen LogP contribution in [0.1, 0.15) is 27.2 Å². The van der Waals surface area contributed by atoms with E-state index in [1.54, 1.807) is 0 Å². The molecule has 0 aliphatic rings. The van der Waals surface area contributed by atoms with Crippen LogP contribution < -0.4 is 10.6 Å². The smallest absolute Gasteiger partial charge is 0.407 e.